The van der Waals surface area contributed by atoms with Crippen LogP contribution in [0.5, 0.6) is 0 Å². The standard InChI is InChI=1S/C12H16BrF2N/c1-7(6-8(2)16-3)11-10(14)5-4-9(13)12(11)15/h4-5,7-8,16H,6H2,1-3H3. The van der Waals surface area contributed by atoms with E-state index in [2.05, 4.69) is 21.2 Å². The molecule has 1 rings (SSSR count). The zero-order chi connectivity index (χ0) is 12.3. The van der Waals surface area contributed by atoms with E-state index < -0.39 is 11.6 Å². The zero-order valence-corrected chi connectivity index (χ0v) is 11.2. The van der Waals surface area contributed by atoms with Gasteiger partial charge in [-0.05, 0) is 54.4 Å². The highest BCUT2D eigenvalue weighted by molar-refractivity contribution is 9.10. The lowest BCUT2D eigenvalue weighted by molar-refractivity contribution is 0.472. The van der Waals surface area contributed by atoms with Gasteiger partial charge in [0.15, 0.2) is 0 Å². The minimum atomic E-state index is -0.490. The van der Waals surface area contributed by atoms with Crippen LogP contribution in [0, 0.1) is 11.6 Å². The summed E-state index contributed by atoms with van der Waals surface area (Å²) < 4.78 is 27.6. The third kappa shape index (κ3) is 3.01. The molecule has 1 aromatic carbocycles. The molecule has 2 unspecified atom stereocenters. The quantitative estimate of drug-likeness (QED) is 0.832. The van der Waals surface area contributed by atoms with Crippen molar-refractivity contribution in [1.82, 2.24) is 5.32 Å². The van der Waals surface area contributed by atoms with Crippen LogP contribution in [-0.4, -0.2) is 13.1 Å². The fourth-order valence-electron chi connectivity index (χ4n) is 1.76. The smallest absolute Gasteiger partial charge is 0.143 e. The average molecular weight is 292 g/mol. The van der Waals surface area contributed by atoms with Gasteiger partial charge in [0.05, 0.1) is 4.47 Å². The lowest BCUT2D eigenvalue weighted by atomic mass is 9.93. The minimum absolute atomic E-state index is 0.153. The van der Waals surface area contributed by atoms with Gasteiger partial charge in [-0.1, -0.05) is 6.92 Å². The Balaban J connectivity index is 2.98. The van der Waals surface area contributed by atoms with Crippen molar-refractivity contribution in [2.24, 2.45) is 0 Å². The second-order valence-electron chi connectivity index (χ2n) is 4.08. The van der Waals surface area contributed by atoms with E-state index in [1.54, 1.807) is 0 Å². The van der Waals surface area contributed by atoms with Gasteiger partial charge < -0.3 is 5.32 Å². The molecule has 2 atom stereocenters. The Bertz CT molecular complexity index is 368. The molecular formula is C12H16BrF2N. The van der Waals surface area contributed by atoms with Crippen molar-refractivity contribution in [3.05, 3.63) is 33.8 Å². The Labute approximate surface area is 103 Å². The first-order valence-corrected chi connectivity index (χ1v) is 6.07. The van der Waals surface area contributed by atoms with E-state index in [0.29, 0.717) is 10.9 Å². The molecule has 0 saturated carbocycles. The first kappa shape index (κ1) is 13.6. The van der Waals surface area contributed by atoms with Gasteiger partial charge in [-0.15, -0.1) is 0 Å². The molecule has 0 bridgehead atoms. The van der Waals surface area contributed by atoms with Gasteiger partial charge in [-0.25, -0.2) is 8.78 Å². The van der Waals surface area contributed by atoms with Gasteiger partial charge in [0, 0.05) is 11.6 Å². The molecule has 90 valence electrons. The minimum Gasteiger partial charge on any atom is -0.317 e. The summed E-state index contributed by atoms with van der Waals surface area (Å²) in [5.74, 6) is -1.12. The number of nitrogens with one attached hydrogen (secondary N) is 1. The van der Waals surface area contributed by atoms with Crippen LogP contribution in [0.25, 0.3) is 0 Å². The lowest BCUT2D eigenvalue weighted by Crippen LogP contribution is -2.23. The van der Waals surface area contributed by atoms with E-state index in [1.807, 2.05) is 20.9 Å². The highest BCUT2D eigenvalue weighted by Gasteiger charge is 2.19. The average Bonchev–Trinajstić information content (AvgIpc) is 2.24. The maximum absolute atomic E-state index is 13.8. The molecule has 0 heterocycles. The monoisotopic (exact) mass is 291 g/mol. The van der Waals surface area contributed by atoms with Crippen LogP contribution < -0.4 is 5.32 Å². The largest absolute Gasteiger partial charge is 0.317 e. The number of hydrogen-bond donors (Lipinski definition) is 1. The van der Waals surface area contributed by atoms with Crippen LogP contribution in [0.2, 0.25) is 0 Å². The summed E-state index contributed by atoms with van der Waals surface area (Å²) in [6, 6.07) is 2.92. The predicted molar refractivity (Wildman–Crippen MR) is 65.6 cm³/mol. The van der Waals surface area contributed by atoms with Gasteiger partial charge in [0.2, 0.25) is 0 Å². The Morgan fingerprint density at radius 1 is 1.31 bits per heavy atom. The predicted octanol–water partition coefficient (Wildman–Crippen LogP) is 3.83. The fourth-order valence-corrected chi connectivity index (χ4v) is 2.11. The summed E-state index contributed by atoms with van der Waals surface area (Å²) in [6.45, 7) is 3.83. The number of rotatable bonds is 4. The maximum atomic E-state index is 13.8. The fraction of sp³-hybridized carbons (Fsp3) is 0.500. The summed E-state index contributed by atoms with van der Waals surface area (Å²) in [5.41, 5.74) is 0.163. The summed E-state index contributed by atoms with van der Waals surface area (Å²) >= 11 is 3.07. The van der Waals surface area contributed by atoms with Crippen molar-refractivity contribution < 1.29 is 8.78 Å². The molecule has 0 aliphatic carbocycles. The van der Waals surface area contributed by atoms with Crippen molar-refractivity contribution in [3.63, 3.8) is 0 Å². The van der Waals surface area contributed by atoms with Gasteiger partial charge in [0.1, 0.15) is 11.6 Å². The van der Waals surface area contributed by atoms with Gasteiger partial charge >= 0.3 is 0 Å². The molecule has 0 aliphatic heterocycles. The normalized spacial score (nSPS) is 14.9. The highest BCUT2D eigenvalue weighted by Crippen LogP contribution is 2.30. The Morgan fingerprint density at radius 3 is 2.50 bits per heavy atom. The Kier molecular flexibility index (Phi) is 4.87. The van der Waals surface area contributed by atoms with Gasteiger partial charge in [-0.3, -0.25) is 0 Å². The molecule has 0 aromatic heterocycles. The second kappa shape index (κ2) is 5.73. The number of benzene rings is 1. The van der Waals surface area contributed by atoms with Crippen LogP contribution in [0.1, 0.15) is 31.7 Å². The topological polar surface area (TPSA) is 12.0 Å². The third-order valence-corrected chi connectivity index (χ3v) is 3.38. The van der Waals surface area contributed by atoms with Crippen molar-refractivity contribution >= 4 is 15.9 Å². The lowest BCUT2D eigenvalue weighted by Gasteiger charge is -2.18. The summed E-state index contributed by atoms with van der Waals surface area (Å²) in [4.78, 5) is 0. The molecule has 1 nitrogen and oxygen atoms in total. The van der Waals surface area contributed by atoms with Crippen molar-refractivity contribution in [3.8, 4) is 0 Å². The van der Waals surface area contributed by atoms with Crippen LogP contribution in [0.15, 0.2) is 16.6 Å². The van der Waals surface area contributed by atoms with Gasteiger partial charge in [0.25, 0.3) is 0 Å². The van der Waals surface area contributed by atoms with Gasteiger partial charge in [-0.2, -0.15) is 0 Å². The molecule has 16 heavy (non-hydrogen) atoms. The van der Waals surface area contributed by atoms with Crippen LogP contribution in [-0.2, 0) is 0 Å². The van der Waals surface area contributed by atoms with Crippen LogP contribution >= 0.6 is 15.9 Å². The molecule has 0 fully saturated rings. The molecule has 0 spiro atoms. The second-order valence-corrected chi connectivity index (χ2v) is 4.94. The molecule has 1 N–H and O–H groups in total. The van der Waals surface area contributed by atoms with E-state index in [1.165, 1.54) is 12.1 Å². The van der Waals surface area contributed by atoms with E-state index in [0.717, 1.165) is 0 Å². The summed E-state index contributed by atoms with van der Waals surface area (Å²) in [6.07, 6.45) is 0.695. The van der Waals surface area contributed by atoms with E-state index in [-0.39, 0.29) is 17.5 Å². The summed E-state index contributed by atoms with van der Waals surface area (Å²) in [5, 5.41) is 3.06. The molecule has 0 radical (unpaired) electrons. The first-order chi connectivity index (χ1) is 7.47. The van der Waals surface area contributed by atoms with Crippen molar-refractivity contribution in [2.45, 2.75) is 32.2 Å². The van der Waals surface area contributed by atoms with Crippen LogP contribution in [0.4, 0.5) is 8.78 Å². The summed E-state index contributed by atoms with van der Waals surface area (Å²) in [7, 11) is 1.84. The van der Waals surface area contributed by atoms with Crippen molar-refractivity contribution in [2.75, 3.05) is 7.05 Å². The zero-order valence-electron chi connectivity index (χ0n) is 9.65. The Morgan fingerprint density at radius 2 is 1.94 bits per heavy atom. The maximum Gasteiger partial charge on any atom is 0.143 e. The first-order valence-electron chi connectivity index (χ1n) is 5.28. The van der Waals surface area contributed by atoms with E-state index in [9.17, 15) is 8.78 Å². The van der Waals surface area contributed by atoms with E-state index in [4.69, 9.17) is 0 Å². The highest BCUT2D eigenvalue weighted by atomic mass is 79.9. The molecular weight excluding hydrogens is 276 g/mol. The SMILES string of the molecule is CNC(C)CC(C)c1c(F)ccc(Br)c1F. The van der Waals surface area contributed by atoms with E-state index >= 15 is 0 Å². The molecule has 0 aliphatic rings. The molecule has 0 amide bonds. The molecule has 1 aromatic rings. The molecule has 0 saturated heterocycles. The third-order valence-electron chi connectivity index (χ3n) is 2.77. The Hall–Kier alpha value is -0.480. The number of halogens is 3. The molecule has 4 heteroatoms. The number of hydrogen-bond acceptors (Lipinski definition) is 1. The van der Waals surface area contributed by atoms with Crippen LogP contribution in [0.3, 0.4) is 0 Å². The van der Waals surface area contributed by atoms with Crippen molar-refractivity contribution in [1.29, 1.82) is 0 Å².